The van der Waals surface area contributed by atoms with Gasteiger partial charge in [0.25, 0.3) is 0 Å². The molecule has 1 atom stereocenters. The summed E-state index contributed by atoms with van der Waals surface area (Å²) in [5.74, 6) is -2.37. The van der Waals surface area contributed by atoms with Crippen molar-refractivity contribution in [1.82, 2.24) is 5.32 Å². The summed E-state index contributed by atoms with van der Waals surface area (Å²) in [4.78, 5) is 34.0. The first-order valence-electron chi connectivity index (χ1n) is 4.94. The molecule has 16 heavy (non-hydrogen) atoms. The van der Waals surface area contributed by atoms with Gasteiger partial charge in [-0.2, -0.15) is 0 Å². The molecule has 88 valence electrons. The molecule has 3 N–H and O–H groups in total. The lowest BCUT2D eigenvalue weighted by Gasteiger charge is -2.12. The number of nitrogens with one attached hydrogen (secondary N) is 1. The third-order valence-corrected chi connectivity index (χ3v) is 2.24. The highest BCUT2D eigenvalue weighted by atomic mass is 16.5. The van der Waals surface area contributed by atoms with E-state index in [0.717, 1.165) is 0 Å². The van der Waals surface area contributed by atoms with Gasteiger partial charge in [0.2, 0.25) is 11.8 Å². The topological polar surface area (TPSA) is 98.5 Å². The molecular formula is C10H14N2O4. The number of allylic oxidation sites excluding steroid dienone is 1. The largest absolute Gasteiger partial charge is 0.463 e. The minimum atomic E-state index is -0.823. The molecule has 6 nitrogen and oxygen atoms in total. The molecule has 0 spiro atoms. The van der Waals surface area contributed by atoms with Gasteiger partial charge in [0.15, 0.2) is 0 Å². The molecule has 0 radical (unpaired) electrons. The minimum Gasteiger partial charge on any atom is -0.463 e. The van der Waals surface area contributed by atoms with E-state index in [9.17, 15) is 14.4 Å². The zero-order valence-corrected chi connectivity index (χ0v) is 9.20. The van der Waals surface area contributed by atoms with Crippen LogP contribution in [0.3, 0.4) is 0 Å². The van der Waals surface area contributed by atoms with Crippen LogP contribution in [0.1, 0.15) is 20.3 Å². The number of imide groups is 1. The highest BCUT2D eigenvalue weighted by Crippen LogP contribution is 2.23. The first-order valence-corrected chi connectivity index (χ1v) is 4.94. The zero-order chi connectivity index (χ0) is 12.3. The van der Waals surface area contributed by atoms with Crippen LogP contribution in [-0.2, 0) is 19.1 Å². The van der Waals surface area contributed by atoms with Gasteiger partial charge in [-0.25, -0.2) is 4.79 Å². The smallest absolute Gasteiger partial charge is 0.336 e. The Hall–Kier alpha value is -1.85. The number of hydrogen-bond acceptors (Lipinski definition) is 5. The van der Waals surface area contributed by atoms with E-state index >= 15 is 0 Å². The number of nitrogens with two attached hydrogens (primary N) is 1. The lowest BCUT2D eigenvalue weighted by Crippen LogP contribution is -2.27. The van der Waals surface area contributed by atoms with Gasteiger partial charge in [-0.1, -0.05) is 0 Å². The third-order valence-electron chi connectivity index (χ3n) is 2.24. The molecule has 0 saturated carbocycles. The van der Waals surface area contributed by atoms with Crippen LogP contribution < -0.4 is 11.1 Å². The maximum atomic E-state index is 11.6. The van der Waals surface area contributed by atoms with Crippen LogP contribution in [0.4, 0.5) is 0 Å². The lowest BCUT2D eigenvalue weighted by atomic mass is 9.96. The summed E-state index contributed by atoms with van der Waals surface area (Å²) in [6.45, 7) is 3.35. The Kier molecular flexibility index (Phi) is 3.65. The van der Waals surface area contributed by atoms with Gasteiger partial charge in [0, 0.05) is 12.1 Å². The van der Waals surface area contributed by atoms with Crippen molar-refractivity contribution in [3.05, 3.63) is 11.3 Å². The SMILES string of the molecule is CCOC(=O)/C(=C(\C)N)[C@@H]1CC(=O)NC1=O. The molecule has 1 fully saturated rings. The molecule has 0 aromatic rings. The van der Waals surface area contributed by atoms with Crippen LogP contribution in [0.15, 0.2) is 11.3 Å². The molecule has 6 heteroatoms. The average molecular weight is 226 g/mol. The number of carbonyl (C=O) groups excluding carboxylic acids is 3. The van der Waals surface area contributed by atoms with Crippen molar-refractivity contribution in [2.45, 2.75) is 20.3 Å². The first-order chi connectivity index (χ1) is 7.47. The second-order valence-electron chi connectivity index (χ2n) is 3.49. The Bertz CT molecular complexity index is 369. The summed E-state index contributed by atoms with van der Waals surface area (Å²) in [5, 5.41) is 2.12. The Labute approximate surface area is 92.8 Å². The van der Waals surface area contributed by atoms with Gasteiger partial charge in [-0.05, 0) is 13.8 Å². The normalized spacial score (nSPS) is 21.5. The van der Waals surface area contributed by atoms with Gasteiger partial charge in [-0.15, -0.1) is 0 Å². The highest BCUT2D eigenvalue weighted by molar-refractivity contribution is 6.09. The molecule has 1 rings (SSSR count). The van der Waals surface area contributed by atoms with E-state index in [1.54, 1.807) is 6.92 Å². The molecule has 1 aliphatic rings. The van der Waals surface area contributed by atoms with E-state index in [-0.39, 0.29) is 24.3 Å². The van der Waals surface area contributed by atoms with Crippen molar-refractivity contribution in [3.8, 4) is 0 Å². The summed E-state index contributed by atoms with van der Waals surface area (Å²) >= 11 is 0. The fraction of sp³-hybridized carbons (Fsp3) is 0.500. The second-order valence-corrected chi connectivity index (χ2v) is 3.49. The van der Waals surface area contributed by atoms with Crippen LogP contribution in [0.2, 0.25) is 0 Å². The predicted octanol–water partition coefficient (Wildman–Crippen LogP) is -0.555. The van der Waals surface area contributed by atoms with Crippen molar-refractivity contribution in [3.63, 3.8) is 0 Å². The number of ether oxygens (including phenoxy) is 1. The number of carbonyl (C=O) groups is 3. The van der Waals surface area contributed by atoms with E-state index < -0.39 is 23.7 Å². The number of esters is 1. The molecule has 0 bridgehead atoms. The molecule has 0 unspecified atom stereocenters. The fourth-order valence-corrected chi connectivity index (χ4v) is 1.57. The molecule has 1 aliphatic heterocycles. The third kappa shape index (κ3) is 2.39. The van der Waals surface area contributed by atoms with Crippen molar-refractivity contribution in [2.24, 2.45) is 11.7 Å². The van der Waals surface area contributed by atoms with Gasteiger partial charge in [0.05, 0.1) is 18.1 Å². The van der Waals surface area contributed by atoms with Crippen molar-refractivity contribution in [2.75, 3.05) is 6.61 Å². The van der Waals surface area contributed by atoms with Crippen LogP contribution in [-0.4, -0.2) is 24.4 Å². The number of hydrogen-bond donors (Lipinski definition) is 2. The quantitative estimate of drug-likeness (QED) is 0.382. The number of rotatable bonds is 3. The Morgan fingerprint density at radius 2 is 2.19 bits per heavy atom. The molecule has 0 aromatic heterocycles. The molecule has 0 aromatic carbocycles. The summed E-state index contributed by atoms with van der Waals surface area (Å²) in [6.07, 6.45) is -0.0540. The summed E-state index contributed by atoms with van der Waals surface area (Å²) in [6, 6.07) is 0. The lowest BCUT2D eigenvalue weighted by molar-refractivity contribution is -0.140. The van der Waals surface area contributed by atoms with E-state index in [0.29, 0.717) is 0 Å². The molecule has 1 heterocycles. The van der Waals surface area contributed by atoms with Gasteiger partial charge in [-0.3, -0.25) is 14.9 Å². The van der Waals surface area contributed by atoms with Crippen LogP contribution >= 0.6 is 0 Å². The molecular weight excluding hydrogens is 212 g/mol. The minimum absolute atomic E-state index is 0.0540. The van der Waals surface area contributed by atoms with Crippen LogP contribution in [0.5, 0.6) is 0 Å². The highest BCUT2D eigenvalue weighted by Gasteiger charge is 2.37. The number of amides is 2. The maximum absolute atomic E-state index is 11.6. The molecule has 1 saturated heterocycles. The average Bonchev–Trinajstić information content (AvgIpc) is 2.45. The maximum Gasteiger partial charge on any atom is 0.336 e. The second kappa shape index (κ2) is 4.78. The van der Waals surface area contributed by atoms with Gasteiger partial charge >= 0.3 is 5.97 Å². The Balaban J connectivity index is 2.97. The van der Waals surface area contributed by atoms with E-state index in [4.69, 9.17) is 10.5 Å². The first kappa shape index (κ1) is 12.2. The van der Waals surface area contributed by atoms with Crippen LogP contribution in [0, 0.1) is 5.92 Å². The van der Waals surface area contributed by atoms with Crippen molar-refractivity contribution in [1.29, 1.82) is 0 Å². The molecule has 2 amide bonds. The Morgan fingerprint density at radius 3 is 2.56 bits per heavy atom. The zero-order valence-electron chi connectivity index (χ0n) is 9.20. The summed E-state index contributed by atoms with van der Waals surface area (Å²) in [5.41, 5.74) is 5.82. The summed E-state index contributed by atoms with van der Waals surface area (Å²) < 4.78 is 4.79. The van der Waals surface area contributed by atoms with Gasteiger partial charge in [0.1, 0.15) is 0 Å². The van der Waals surface area contributed by atoms with E-state index in [1.807, 2.05) is 0 Å². The van der Waals surface area contributed by atoms with Crippen molar-refractivity contribution < 1.29 is 19.1 Å². The van der Waals surface area contributed by atoms with Crippen molar-refractivity contribution >= 4 is 17.8 Å². The Morgan fingerprint density at radius 1 is 1.56 bits per heavy atom. The fourth-order valence-electron chi connectivity index (χ4n) is 1.57. The molecule has 0 aliphatic carbocycles. The summed E-state index contributed by atoms with van der Waals surface area (Å²) in [7, 11) is 0. The van der Waals surface area contributed by atoms with E-state index in [1.165, 1.54) is 6.92 Å². The standard InChI is InChI=1S/C10H14N2O4/c1-3-16-10(15)8(5(2)11)6-4-7(13)12-9(6)14/h6H,3-4,11H2,1-2H3,(H,12,13,14)/b8-5+/t6-/m0/s1. The van der Waals surface area contributed by atoms with E-state index in [2.05, 4.69) is 5.32 Å². The monoisotopic (exact) mass is 226 g/mol. The van der Waals surface area contributed by atoms with Crippen LogP contribution in [0.25, 0.3) is 0 Å². The predicted molar refractivity (Wildman–Crippen MR) is 54.8 cm³/mol. The van der Waals surface area contributed by atoms with Gasteiger partial charge < -0.3 is 10.5 Å².